The maximum absolute atomic E-state index is 6.04. The Bertz CT molecular complexity index is 687. The van der Waals surface area contributed by atoms with Crippen molar-refractivity contribution >= 4 is 34.6 Å². The molecule has 0 atom stereocenters. The molecule has 124 valence electrons. The molecule has 1 aromatic heterocycles. The highest BCUT2D eigenvalue weighted by Crippen LogP contribution is 2.21. The lowest BCUT2D eigenvalue weighted by atomic mass is 10.2. The molecule has 23 heavy (non-hydrogen) atoms. The van der Waals surface area contributed by atoms with Crippen LogP contribution >= 0.6 is 23.8 Å². The van der Waals surface area contributed by atoms with E-state index < -0.39 is 0 Å². The number of hydrogen-bond donors (Lipinski definition) is 2. The lowest BCUT2D eigenvalue weighted by Crippen LogP contribution is -2.31. The fourth-order valence-corrected chi connectivity index (χ4v) is 2.68. The second kappa shape index (κ2) is 8.29. The Balaban J connectivity index is 2.08. The van der Waals surface area contributed by atoms with Gasteiger partial charge in [0.15, 0.2) is 5.11 Å². The normalized spacial score (nSPS) is 10.6. The maximum atomic E-state index is 6.04. The molecule has 1 aromatic carbocycles. The fraction of sp³-hybridized carbons (Fsp3) is 0.375. The number of benzene rings is 1. The zero-order valence-electron chi connectivity index (χ0n) is 13.5. The highest BCUT2D eigenvalue weighted by molar-refractivity contribution is 7.80. The molecule has 0 unspecified atom stereocenters. The summed E-state index contributed by atoms with van der Waals surface area (Å²) in [7, 11) is 1.66. The molecule has 0 amide bonds. The molecule has 7 heteroatoms. The second-order valence-electron chi connectivity index (χ2n) is 5.21. The summed E-state index contributed by atoms with van der Waals surface area (Å²) in [4.78, 5) is 0. The number of halogens is 1. The lowest BCUT2D eigenvalue weighted by molar-refractivity contribution is 0.204. The summed E-state index contributed by atoms with van der Waals surface area (Å²) in [5.74, 6) is 0. The van der Waals surface area contributed by atoms with E-state index in [0.717, 1.165) is 27.7 Å². The van der Waals surface area contributed by atoms with Crippen molar-refractivity contribution in [3.05, 3.63) is 46.2 Å². The average Bonchev–Trinajstić information content (AvgIpc) is 2.75. The molecule has 0 saturated carbocycles. The van der Waals surface area contributed by atoms with E-state index in [1.165, 1.54) is 0 Å². The second-order valence-corrected chi connectivity index (χ2v) is 6.05. The highest BCUT2D eigenvalue weighted by atomic mass is 35.5. The third-order valence-corrected chi connectivity index (χ3v) is 3.91. The molecule has 0 aliphatic carbocycles. The Labute approximate surface area is 147 Å². The molecule has 2 rings (SSSR count). The van der Waals surface area contributed by atoms with E-state index in [4.69, 9.17) is 28.6 Å². The minimum Gasteiger partial charge on any atom is -0.383 e. The molecule has 5 nitrogen and oxygen atoms in total. The van der Waals surface area contributed by atoms with Crippen LogP contribution in [0, 0.1) is 13.8 Å². The Kier molecular flexibility index (Phi) is 6.38. The number of nitrogens with zero attached hydrogens (tertiary/aromatic N) is 2. The Hall–Kier alpha value is -1.63. The van der Waals surface area contributed by atoms with Crippen molar-refractivity contribution in [3.8, 4) is 0 Å². The van der Waals surface area contributed by atoms with Gasteiger partial charge in [0.05, 0.1) is 30.2 Å². The van der Waals surface area contributed by atoms with Gasteiger partial charge in [-0.25, -0.2) is 0 Å². The molecular formula is C16H21ClN4OS. The molecule has 2 aromatic rings. The van der Waals surface area contributed by atoms with E-state index in [1.807, 2.05) is 42.8 Å². The molecule has 0 aliphatic heterocycles. The molecule has 0 radical (unpaired) electrons. The van der Waals surface area contributed by atoms with E-state index >= 15 is 0 Å². The van der Waals surface area contributed by atoms with Crippen molar-refractivity contribution < 1.29 is 4.74 Å². The van der Waals surface area contributed by atoms with Crippen LogP contribution in [0.2, 0.25) is 5.02 Å². The van der Waals surface area contributed by atoms with Gasteiger partial charge in [-0.1, -0.05) is 23.7 Å². The minimum atomic E-state index is 0.565. The van der Waals surface area contributed by atoms with E-state index in [2.05, 4.69) is 15.7 Å². The monoisotopic (exact) mass is 352 g/mol. The van der Waals surface area contributed by atoms with E-state index in [9.17, 15) is 0 Å². The van der Waals surface area contributed by atoms with Crippen LogP contribution in [0.15, 0.2) is 24.3 Å². The lowest BCUT2D eigenvalue weighted by Gasteiger charge is -2.11. The number of ether oxygens (including phenoxy) is 1. The predicted octanol–water partition coefficient (Wildman–Crippen LogP) is 3.13. The molecule has 0 fully saturated rings. The zero-order valence-corrected chi connectivity index (χ0v) is 15.1. The van der Waals surface area contributed by atoms with Gasteiger partial charge in [-0.3, -0.25) is 4.68 Å². The van der Waals surface area contributed by atoms with Gasteiger partial charge in [-0.2, -0.15) is 5.10 Å². The third-order valence-electron chi connectivity index (χ3n) is 3.43. The van der Waals surface area contributed by atoms with Crippen molar-refractivity contribution in [2.75, 3.05) is 25.6 Å². The quantitative estimate of drug-likeness (QED) is 0.618. The van der Waals surface area contributed by atoms with Gasteiger partial charge in [0.1, 0.15) is 0 Å². The number of aryl methyl sites for hydroxylation is 1. The van der Waals surface area contributed by atoms with Gasteiger partial charge in [-0.15, -0.1) is 0 Å². The molecule has 0 saturated heterocycles. The summed E-state index contributed by atoms with van der Waals surface area (Å²) in [6, 6.07) is 7.79. The van der Waals surface area contributed by atoms with Crippen LogP contribution in [0.1, 0.15) is 17.0 Å². The number of nitrogens with one attached hydrogen (secondary N) is 2. The van der Waals surface area contributed by atoms with E-state index in [-0.39, 0.29) is 0 Å². The van der Waals surface area contributed by atoms with Crippen LogP contribution in [0.5, 0.6) is 0 Å². The summed E-state index contributed by atoms with van der Waals surface area (Å²) >= 11 is 11.3. The molecule has 0 aliphatic rings. The fourth-order valence-electron chi connectivity index (χ4n) is 2.26. The third kappa shape index (κ3) is 4.92. The molecular weight excluding hydrogens is 332 g/mol. The van der Waals surface area contributed by atoms with Crippen molar-refractivity contribution in [3.63, 3.8) is 0 Å². The first-order valence-corrected chi connectivity index (χ1v) is 8.12. The molecule has 0 bridgehead atoms. The molecule has 1 heterocycles. The summed E-state index contributed by atoms with van der Waals surface area (Å²) < 4.78 is 6.94. The average molecular weight is 353 g/mol. The number of anilines is 1. The number of thiocarbonyl (C=S) groups is 1. The van der Waals surface area contributed by atoms with Crippen molar-refractivity contribution in [2.45, 2.75) is 20.4 Å². The number of rotatable bonds is 6. The van der Waals surface area contributed by atoms with E-state index in [0.29, 0.717) is 24.8 Å². The van der Waals surface area contributed by atoms with Crippen molar-refractivity contribution in [1.82, 2.24) is 15.1 Å². The number of hydrogen-bond acceptors (Lipinski definition) is 3. The van der Waals surface area contributed by atoms with Gasteiger partial charge in [0, 0.05) is 18.7 Å². The minimum absolute atomic E-state index is 0.565. The molecule has 0 spiro atoms. The van der Waals surface area contributed by atoms with Gasteiger partial charge >= 0.3 is 0 Å². The number of aromatic nitrogens is 2. The summed E-state index contributed by atoms with van der Waals surface area (Å²) in [5.41, 5.74) is 3.97. The zero-order chi connectivity index (χ0) is 16.8. The van der Waals surface area contributed by atoms with Crippen LogP contribution in [0.25, 0.3) is 0 Å². The largest absolute Gasteiger partial charge is 0.383 e. The maximum Gasteiger partial charge on any atom is 0.170 e. The highest BCUT2D eigenvalue weighted by Gasteiger charge is 2.13. The summed E-state index contributed by atoms with van der Waals surface area (Å²) in [5, 5.41) is 12.2. The Morgan fingerprint density at radius 3 is 2.87 bits per heavy atom. The van der Waals surface area contributed by atoms with Crippen LogP contribution in [-0.4, -0.2) is 35.2 Å². The first-order valence-electron chi connectivity index (χ1n) is 7.33. The van der Waals surface area contributed by atoms with Crippen molar-refractivity contribution in [1.29, 1.82) is 0 Å². The number of methoxy groups -OCH3 is 1. The SMILES string of the molecule is COCCNC(=S)Nc1c(C)nn(Cc2cccc(Cl)c2)c1C. The van der Waals surface area contributed by atoms with Crippen LogP contribution in [0.4, 0.5) is 5.69 Å². The Morgan fingerprint density at radius 1 is 1.39 bits per heavy atom. The topological polar surface area (TPSA) is 51.1 Å². The Morgan fingerprint density at radius 2 is 2.17 bits per heavy atom. The van der Waals surface area contributed by atoms with Gasteiger partial charge in [-0.05, 0) is 43.8 Å². The first kappa shape index (κ1) is 17.7. The molecule has 2 N–H and O–H groups in total. The summed E-state index contributed by atoms with van der Waals surface area (Å²) in [6.45, 7) is 5.91. The predicted molar refractivity (Wildman–Crippen MR) is 98.4 cm³/mol. The smallest absolute Gasteiger partial charge is 0.170 e. The standard InChI is InChI=1S/C16H21ClN4OS/c1-11-15(19-16(23)18-7-8-22-3)12(2)21(20-11)10-13-5-4-6-14(17)9-13/h4-6,9H,7-8,10H2,1-3H3,(H2,18,19,23). The van der Waals surface area contributed by atoms with Crippen molar-refractivity contribution in [2.24, 2.45) is 0 Å². The first-order chi connectivity index (χ1) is 11.0. The van der Waals surface area contributed by atoms with Crippen LogP contribution in [0.3, 0.4) is 0 Å². The van der Waals surface area contributed by atoms with Gasteiger partial charge < -0.3 is 15.4 Å². The van der Waals surface area contributed by atoms with Crippen LogP contribution in [-0.2, 0) is 11.3 Å². The summed E-state index contributed by atoms with van der Waals surface area (Å²) in [6.07, 6.45) is 0. The van der Waals surface area contributed by atoms with Gasteiger partial charge in [0.25, 0.3) is 0 Å². The van der Waals surface area contributed by atoms with Crippen LogP contribution < -0.4 is 10.6 Å². The van der Waals surface area contributed by atoms with Gasteiger partial charge in [0.2, 0.25) is 0 Å². The van der Waals surface area contributed by atoms with E-state index in [1.54, 1.807) is 7.11 Å².